The summed E-state index contributed by atoms with van der Waals surface area (Å²) in [6.45, 7) is 3.33. The third kappa shape index (κ3) is 6.20. The van der Waals surface area contributed by atoms with Crippen LogP contribution in [0.4, 0.5) is 0 Å². The van der Waals surface area contributed by atoms with Gasteiger partial charge in [-0.3, -0.25) is 0 Å². The van der Waals surface area contributed by atoms with Crippen LogP contribution in [0.3, 0.4) is 0 Å². The third-order valence-electron chi connectivity index (χ3n) is 3.00. The Bertz CT molecular complexity index is 591. The summed E-state index contributed by atoms with van der Waals surface area (Å²) in [6, 6.07) is 7.74. The number of aliphatic hydroxyl groups excluding tert-OH is 1. The van der Waals surface area contributed by atoms with Crippen molar-refractivity contribution >= 4 is 35.3 Å². The fourth-order valence-electron chi connectivity index (χ4n) is 1.98. The monoisotopic (exact) mass is 377 g/mol. The molecule has 1 aromatic carbocycles. The third-order valence-corrected chi connectivity index (χ3v) is 4.13. The minimum Gasteiger partial charge on any atom is -0.493 e. The van der Waals surface area contributed by atoms with Gasteiger partial charge in [0.25, 0.3) is 0 Å². The number of methoxy groups -OCH3 is 1. The Morgan fingerprint density at radius 2 is 2.17 bits per heavy atom. The molecule has 1 atom stereocenters. The Morgan fingerprint density at radius 3 is 2.78 bits per heavy atom. The van der Waals surface area contributed by atoms with Crippen LogP contribution >= 0.6 is 35.3 Å². The molecule has 128 valence electrons. The Hall–Kier alpha value is -0.980. The van der Waals surface area contributed by atoms with Gasteiger partial charge in [0.1, 0.15) is 6.61 Å². The molecule has 0 spiro atoms. The van der Waals surface area contributed by atoms with Crippen LogP contribution in [0.1, 0.15) is 17.4 Å². The molecule has 2 rings (SSSR count). The molecule has 2 N–H and O–H groups in total. The van der Waals surface area contributed by atoms with E-state index in [2.05, 4.69) is 5.32 Å². The fourth-order valence-corrected chi connectivity index (χ4v) is 2.88. The lowest BCUT2D eigenvalue weighted by Crippen LogP contribution is -2.23. The molecular formula is C16H21Cl2NO3S. The second-order valence-corrected chi connectivity index (χ2v) is 6.40. The predicted octanol–water partition coefficient (Wildman–Crippen LogP) is 3.88. The van der Waals surface area contributed by atoms with E-state index in [1.165, 1.54) is 0 Å². The highest BCUT2D eigenvalue weighted by Crippen LogP contribution is 2.37. The van der Waals surface area contributed by atoms with E-state index in [4.69, 9.17) is 21.1 Å². The standard InChI is InChI=1S/C16H20ClNO3S.ClH/c1-11(19)8-18-9-12-6-14(17)16(15(7-12)20-2)21-10-13-4-3-5-22-13;/h3-7,11,18-19H,8-10H2,1-2H3;1H. The van der Waals surface area contributed by atoms with E-state index in [1.54, 1.807) is 25.4 Å². The molecule has 7 heteroatoms. The number of hydrogen-bond donors (Lipinski definition) is 2. The Labute approximate surface area is 151 Å². The first-order chi connectivity index (χ1) is 10.6. The van der Waals surface area contributed by atoms with E-state index in [0.29, 0.717) is 36.2 Å². The van der Waals surface area contributed by atoms with Crippen molar-refractivity contribution < 1.29 is 14.6 Å². The molecule has 0 amide bonds. The van der Waals surface area contributed by atoms with Crippen LogP contribution in [0.15, 0.2) is 29.6 Å². The molecule has 1 aromatic heterocycles. The summed E-state index contributed by atoms with van der Waals surface area (Å²) in [7, 11) is 1.59. The van der Waals surface area contributed by atoms with Crippen LogP contribution in [0.2, 0.25) is 5.02 Å². The first kappa shape index (κ1) is 20.1. The van der Waals surface area contributed by atoms with Gasteiger partial charge in [-0.05, 0) is 36.1 Å². The van der Waals surface area contributed by atoms with Crippen molar-refractivity contribution in [3.63, 3.8) is 0 Å². The zero-order valence-corrected chi connectivity index (χ0v) is 15.4. The lowest BCUT2D eigenvalue weighted by molar-refractivity contribution is 0.191. The smallest absolute Gasteiger partial charge is 0.180 e. The molecule has 4 nitrogen and oxygen atoms in total. The van der Waals surface area contributed by atoms with E-state index in [1.807, 2.05) is 29.6 Å². The highest BCUT2D eigenvalue weighted by Gasteiger charge is 2.12. The number of halogens is 2. The number of aliphatic hydroxyl groups is 1. The number of thiophene rings is 1. The molecule has 1 unspecified atom stereocenters. The van der Waals surface area contributed by atoms with Crippen molar-refractivity contribution in [1.29, 1.82) is 0 Å². The molecule has 0 aliphatic rings. The minimum absolute atomic E-state index is 0. The van der Waals surface area contributed by atoms with Crippen molar-refractivity contribution in [2.75, 3.05) is 13.7 Å². The van der Waals surface area contributed by atoms with Gasteiger partial charge in [-0.15, -0.1) is 23.7 Å². The summed E-state index contributed by atoms with van der Waals surface area (Å²) in [5.74, 6) is 1.16. The summed E-state index contributed by atoms with van der Waals surface area (Å²) in [5, 5.41) is 14.9. The molecular weight excluding hydrogens is 357 g/mol. The summed E-state index contributed by atoms with van der Waals surface area (Å²) < 4.78 is 11.2. The lowest BCUT2D eigenvalue weighted by atomic mass is 10.2. The number of hydrogen-bond acceptors (Lipinski definition) is 5. The van der Waals surface area contributed by atoms with Gasteiger partial charge in [0, 0.05) is 18.0 Å². The highest BCUT2D eigenvalue weighted by atomic mass is 35.5. The molecule has 23 heavy (non-hydrogen) atoms. The Morgan fingerprint density at radius 1 is 1.39 bits per heavy atom. The van der Waals surface area contributed by atoms with E-state index >= 15 is 0 Å². The zero-order valence-electron chi connectivity index (χ0n) is 13.0. The maximum Gasteiger partial charge on any atom is 0.180 e. The van der Waals surface area contributed by atoms with Crippen LogP contribution in [-0.2, 0) is 13.2 Å². The quantitative estimate of drug-likeness (QED) is 0.732. The predicted molar refractivity (Wildman–Crippen MR) is 97.3 cm³/mol. The first-order valence-corrected chi connectivity index (χ1v) is 8.26. The molecule has 0 aliphatic heterocycles. The topological polar surface area (TPSA) is 50.7 Å². The van der Waals surface area contributed by atoms with Crippen LogP contribution in [-0.4, -0.2) is 24.9 Å². The van der Waals surface area contributed by atoms with Gasteiger partial charge >= 0.3 is 0 Å². The molecule has 0 radical (unpaired) electrons. The van der Waals surface area contributed by atoms with Crippen molar-refractivity contribution in [1.82, 2.24) is 5.32 Å². The molecule has 0 saturated heterocycles. The van der Waals surface area contributed by atoms with Crippen LogP contribution in [0.5, 0.6) is 11.5 Å². The van der Waals surface area contributed by atoms with Crippen LogP contribution in [0, 0.1) is 0 Å². The van der Waals surface area contributed by atoms with Crippen molar-refractivity contribution in [2.24, 2.45) is 0 Å². The van der Waals surface area contributed by atoms with E-state index < -0.39 is 0 Å². The van der Waals surface area contributed by atoms with Crippen molar-refractivity contribution in [3.05, 3.63) is 45.1 Å². The molecule has 0 saturated carbocycles. The van der Waals surface area contributed by atoms with Gasteiger partial charge in [-0.2, -0.15) is 0 Å². The Balaban J connectivity index is 0.00000264. The van der Waals surface area contributed by atoms with Crippen LogP contribution < -0.4 is 14.8 Å². The molecule has 1 heterocycles. The summed E-state index contributed by atoms with van der Waals surface area (Å²) >= 11 is 7.95. The number of nitrogens with one attached hydrogen (secondary N) is 1. The average molecular weight is 378 g/mol. The number of benzene rings is 1. The average Bonchev–Trinajstić information content (AvgIpc) is 2.98. The normalized spacial score (nSPS) is 11.7. The second kappa shape index (κ2) is 10.0. The minimum atomic E-state index is -0.384. The van der Waals surface area contributed by atoms with E-state index in [-0.39, 0.29) is 18.5 Å². The van der Waals surface area contributed by atoms with Gasteiger partial charge in [0.05, 0.1) is 18.2 Å². The van der Waals surface area contributed by atoms with Crippen molar-refractivity contribution in [3.8, 4) is 11.5 Å². The zero-order chi connectivity index (χ0) is 15.9. The second-order valence-electron chi connectivity index (χ2n) is 4.96. The largest absolute Gasteiger partial charge is 0.493 e. The maximum atomic E-state index is 9.26. The SMILES string of the molecule is COc1cc(CNCC(C)O)cc(Cl)c1OCc1cccs1.Cl. The van der Waals surface area contributed by atoms with Gasteiger partial charge in [-0.1, -0.05) is 17.7 Å². The number of ether oxygens (including phenoxy) is 2. The fraction of sp³-hybridized carbons (Fsp3) is 0.375. The van der Waals surface area contributed by atoms with Gasteiger partial charge in [0.2, 0.25) is 0 Å². The van der Waals surface area contributed by atoms with Crippen LogP contribution in [0.25, 0.3) is 0 Å². The van der Waals surface area contributed by atoms with Gasteiger partial charge in [-0.25, -0.2) is 0 Å². The number of rotatable bonds is 8. The van der Waals surface area contributed by atoms with Gasteiger partial charge in [0.15, 0.2) is 11.5 Å². The van der Waals surface area contributed by atoms with E-state index in [0.717, 1.165) is 10.4 Å². The molecule has 2 aromatic rings. The van der Waals surface area contributed by atoms with Crippen molar-refractivity contribution in [2.45, 2.75) is 26.2 Å². The summed E-state index contributed by atoms with van der Waals surface area (Å²) in [6.07, 6.45) is -0.384. The molecule has 0 aliphatic carbocycles. The highest BCUT2D eigenvalue weighted by molar-refractivity contribution is 7.09. The molecule has 0 bridgehead atoms. The maximum absolute atomic E-state index is 9.26. The molecule has 0 fully saturated rings. The summed E-state index contributed by atoms with van der Waals surface area (Å²) in [5.41, 5.74) is 0.978. The lowest BCUT2D eigenvalue weighted by Gasteiger charge is -2.14. The van der Waals surface area contributed by atoms with E-state index in [9.17, 15) is 5.11 Å². The summed E-state index contributed by atoms with van der Waals surface area (Å²) in [4.78, 5) is 1.13. The first-order valence-electron chi connectivity index (χ1n) is 7.00. The van der Waals surface area contributed by atoms with Gasteiger partial charge < -0.3 is 19.9 Å². The Kier molecular flexibility index (Phi) is 8.73.